The first-order chi connectivity index (χ1) is 6.11. The number of carbonyl (C=O) groups is 1. The van der Waals surface area contributed by atoms with Gasteiger partial charge in [0.2, 0.25) is 5.24 Å². The van der Waals surface area contributed by atoms with Crippen molar-refractivity contribution in [2.45, 2.75) is 26.2 Å². The highest BCUT2D eigenvalue weighted by Gasteiger charge is 2.07. The Morgan fingerprint density at radius 2 is 2.00 bits per heavy atom. The average Bonchev–Trinajstić information content (AvgIpc) is 2.03. The lowest BCUT2D eigenvalue weighted by Gasteiger charge is -2.10. The van der Waals surface area contributed by atoms with Crippen LogP contribution in [0.3, 0.4) is 0 Å². The van der Waals surface area contributed by atoms with Crippen molar-refractivity contribution in [3.8, 4) is 0 Å². The summed E-state index contributed by atoms with van der Waals surface area (Å²) in [7, 11) is 0. The van der Waals surface area contributed by atoms with E-state index in [2.05, 4.69) is 13.8 Å². The number of benzene rings is 1. The molecule has 0 atom stereocenters. The molecular weight excluding hydrogens is 184 g/mol. The number of rotatable bonds is 3. The minimum absolute atomic E-state index is 0.298. The van der Waals surface area contributed by atoms with Gasteiger partial charge in [-0.05, 0) is 28.6 Å². The average molecular weight is 197 g/mol. The zero-order valence-electron chi connectivity index (χ0n) is 7.88. The van der Waals surface area contributed by atoms with E-state index in [4.69, 9.17) is 11.6 Å². The predicted molar refractivity (Wildman–Crippen MR) is 55.1 cm³/mol. The summed E-state index contributed by atoms with van der Waals surface area (Å²) >= 11 is 5.35. The Labute approximate surface area is 83.7 Å². The Morgan fingerprint density at radius 3 is 2.54 bits per heavy atom. The van der Waals surface area contributed by atoms with Crippen molar-refractivity contribution in [3.63, 3.8) is 0 Å². The van der Waals surface area contributed by atoms with Gasteiger partial charge in [0.05, 0.1) is 0 Å². The molecule has 0 heterocycles. The van der Waals surface area contributed by atoms with Gasteiger partial charge in [-0.2, -0.15) is 0 Å². The first-order valence-electron chi connectivity index (χ1n) is 4.37. The molecule has 0 unspecified atom stereocenters. The SMILES string of the molecule is CC(C)c1ccccc1CC(=O)Cl. The fraction of sp³-hybridized carbons (Fsp3) is 0.364. The van der Waals surface area contributed by atoms with E-state index >= 15 is 0 Å². The number of halogens is 1. The van der Waals surface area contributed by atoms with Crippen molar-refractivity contribution in [2.75, 3.05) is 0 Å². The smallest absolute Gasteiger partial charge is 0.226 e. The molecule has 0 aliphatic rings. The van der Waals surface area contributed by atoms with Crippen LogP contribution in [0.2, 0.25) is 0 Å². The fourth-order valence-electron chi connectivity index (χ4n) is 1.41. The van der Waals surface area contributed by atoms with E-state index in [1.165, 1.54) is 5.56 Å². The van der Waals surface area contributed by atoms with Crippen LogP contribution in [0.1, 0.15) is 30.9 Å². The number of carbonyl (C=O) groups excluding carboxylic acids is 1. The summed E-state index contributed by atoms with van der Waals surface area (Å²) in [6.07, 6.45) is 0.329. The lowest BCUT2D eigenvalue weighted by atomic mass is 9.96. The van der Waals surface area contributed by atoms with Crippen LogP contribution < -0.4 is 0 Å². The minimum Gasteiger partial charge on any atom is -0.281 e. The molecule has 0 fully saturated rings. The maximum atomic E-state index is 10.8. The van der Waals surface area contributed by atoms with Gasteiger partial charge >= 0.3 is 0 Å². The van der Waals surface area contributed by atoms with Gasteiger partial charge in [-0.3, -0.25) is 4.79 Å². The zero-order chi connectivity index (χ0) is 9.84. The molecule has 0 saturated carbocycles. The van der Waals surface area contributed by atoms with Crippen molar-refractivity contribution < 1.29 is 4.79 Å². The lowest BCUT2D eigenvalue weighted by molar-refractivity contribution is -0.111. The number of hydrogen-bond acceptors (Lipinski definition) is 1. The normalized spacial score (nSPS) is 10.5. The first-order valence-corrected chi connectivity index (χ1v) is 4.75. The second-order valence-electron chi connectivity index (χ2n) is 3.39. The molecule has 0 radical (unpaired) electrons. The van der Waals surface area contributed by atoms with Gasteiger partial charge in [-0.25, -0.2) is 0 Å². The summed E-state index contributed by atoms with van der Waals surface area (Å²) < 4.78 is 0. The van der Waals surface area contributed by atoms with Crippen molar-refractivity contribution in [2.24, 2.45) is 0 Å². The second-order valence-corrected chi connectivity index (χ2v) is 3.81. The largest absolute Gasteiger partial charge is 0.281 e. The third-order valence-corrected chi connectivity index (χ3v) is 2.14. The van der Waals surface area contributed by atoms with Gasteiger partial charge in [0.15, 0.2) is 0 Å². The van der Waals surface area contributed by atoms with Crippen LogP contribution in [0.4, 0.5) is 0 Å². The highest BCUT2D eigenvalue weighted by molar-refractivity contribution is 6.63. The molecule has 1 rings (SSSR count). The molecule has 0 N–H and O–H groups in total. The van der Waals surface area contributed by atoms with Crippen LogP contribution in [0.15, 0.2) is 24.3 Å². The van der Waals surface area contributed by atoms with Gasteiger partial charge in [0.1, 0.15) is 0 Å². The summed E-state index contributed by atoms with van der Waals surface area (Å²) in [4.78, 5) is 10.8. The third kappa shape index (κ3) is 2.85. The van der Waals surface area contributed by atoms with Gasteiger partial charge in [0.25, 0.3) is 0 Å². The summed E-state index contributed by atoms with van der Waals surface area (Å²) in [6.45, 7) is 4.22. The number of hydrogen-bond donors (Lipinski definition) is 0. The summed E-state index contributed by atoms with van der Waals surface area (Å²) in [5, 5.41) is -0.298. The molecule has 0 saturated heterocycles. The van der Waals surface area contributed by atoms with E-state index in [0.717, 1.165) is 5.56 Å². The molecule has 0 spiro atoms. The zero-order valence-corrected chi connectivity index (χ0v) is 8.64. The minimum atomic E-state index is -0.298. The topological polar surface area (TPSA) is 17.1 Å². The molecule has 0 bridgehead atoms. The molecule has 2 heteroatoms. The summed E-state index contributed by atoms with van der Waals surface area (Å²) in [5.74, 6) is 0.437. The van der Waals surface area contributed by atoms with Crippen molar-refractivity contribution >= 4 is 16.8 Å². The Bertz CT molecular complexity index is 305. The molecule has 13 heavy (non-hydrogen) atoms. The maximum Gasteiger partial charge on any atom is 0.226 e. The molecule has 0 aliphatic heterocycles. The van der Waals surface area contributed by atoms with E-state index in [-0.39, 0.29) is 5.24 Å². The Morgan fingerprint density at radius 1 is 1.38 bits per heavy atom. The predicted octanol–water partition coefficient (Wildman–Crippen LogP) is 3.12. The highest BCUT2D eigenvalue weighted by atomic mass is 35.5. The first kappa shape index (κ1) is 10.3. The standard InChI is InChI=1S/C11H13ClO/c1-8(2)10-6-4-3-5-9(10)7-11(12)13/h3-6,8H,7H2,1-2H3. The van der Waals surface area contributed by atoms with Crippen LogP contribution in [0.5, 0.6) is 0 Å². The van der Waals surface area contributed by atoms with E-state index in [9.17, 15) is 4.79 Å². The van der Waals surface area contributed by atoms with Gasteiger partial charge in [0, 0.05) is 6.42 Å². The monoisotopic (exact) mass is 196 g/mol. The molecular formula is C11H13ClO. The molecule has 1 aromatic rings. The van der Waals surface area contributed by atoms with Crippen molar-refractivity contribution in [3.05, 3.63) is 35.4 Å². The molecule has 70 valence electrons. The van der Waals surface area contributed by atoms with Crippen LogP contribution in [-0.4, -0.2) is 5.24 Å². The van der Waals surface area contributed by atoms with E-state index in [1.54, 1.807) is 0 Å². The molecule has 1 nitrogen and oxygen atoms in total. The second kappa shape index (κ2) is 4.43. The quantitative estimate of drug-likeness (QED) is 0.679. The van der Waals surface area contributed by atoms with Crippen LogP contribution in [0, 0.1) is 0 Å². The molecule has 0 aliphatic carbocycles. The van der Waals surface area contributed by atoms with E-state index in [1.807, 2.05) is 24.3 Å². The summed E-state index contributed by atoms with van der Waals surface area (Å²) in [6, 6.07) is 7.91. The third-order valence-electron chi connectivity index (χ3n) is 2.01. The van der Waals surface area contributed by atoms with Crippen LogP contribution >= 0.6 is 11.6 Å². The van der Waals surface area contributed by atoms with Gasteiger partial charge < -0.3 is 0 Å². The molecule has 0 aromatic heterocycles. The Kier molecular flexibility index (Phi) is 3.49. The lowest BCUT2D eigenvalue weighted by Crippen LogP contribution is -2.00. The van der Waals surface area contributed by atoms with E-state index < -0.39 is 0 Å². The van der Waals surface area contributed by atoms with Crippen LogP contribution in [0.25, 0.3) is 0 Å². The van der Waals surface area contributed by atoms with Gasteiger partial charge in [-0.15, -0.1) is 0 Å². The van der Waals surface area contributed by atoms with Gasteiger partial charge in [-0.1, -0.05) is 38.1 Å². The summed E-state index contributed by atoms with van der Waals surface area (Å²) in [5.41, 5.74) is 2.24. The van der Waals surface area contributed by atoms with Crippen molar-refractivity contribution in [1.29, 1.82) is 0 Å². The highest BCUT2D eigenvalue weighted by Crippen LogP contribution is 2.19. The van der Waals surface area contributed by atoms with Crippen molar-refractivity contribution in [1.82, 2.24) is 0 Å². The fourth-order valence-corrected chi connectivity index (χ4v) is 1.55. The molecule has 1 aromatic carbocycles. The van der Waals surface area contributed by atoms with Crippen LogP contribution in [-0.2, 0) is 11.2 Å². The van der Waals surface area contributed by atoms with E-state index in [0.29, 0.717) is 12.3 Å². The Hall–Kier alpha value is -0.820. The molecule has 0 amide bonds. The maximum absolute atomic E-state index is 10.8. The Balaban J connectivity index is 2.97.